The van der Waals surface area contributed by atoms with Gasteiger partial charge in [0, 0.05) is 18.7 Å². The molecule has 0 aromatic heterocycles. The highest BCUT2D eigenvalue weighted by molar-refractivity contribution is 5.97. The summed E-state index contributed by atoms with van der Waals surface area (Å²) in [5, 5.41) is 9.44. The van der Waals surface area contributed by atoms with Crippen molar-refractivity contribution in [3.05, 3.63) is 35.6 Å². The number of amides is 1. The Kier molecular flexibility index (Phi) is 4.11. The Morgan fingerprint density at radius 2 is 2.09 bits per heavy atom. The molecule has 5 nitrogen and oxygen atoms in total. The van der Waals surface area contributed by atoms with Crippen LogP contribution in [0.15, 0.2) is 24.3 Å². The first-order valence-corrected chi connectivity index (χ1v) is 7.47. The number of carbonyl (C=O) groups is 2. The molecule has 0 bridgehead atoms. The van der Waals surface area contributed by atoms with Gasteiger partial charge < -0.3 is 14.7 Å². The van der Waals surface area contributed by atoms with Crippen LogP contribution in [0.5, 0.6) is 0 Å². The molecule has 1 aromatic carbocycles. The van der Waals surface area contributed by atoms with E-state index in [1.54, 1.807) is 0 Å². The third-order valence-electron chi connectivity index (χ3n) is 4.17. The molecule has 2 fully saturated rings. The second-order valence-electron chi connectivity index (χ2n) is 5.90. The van der Waals surface area contributed by atoms with Crippen LogP contribution < -0.4 is 0 Å². The van der Waals surface area contributed by atoms with Crippen LogP contribution in [0.4, 0.5) is 4.39 Å². The normalized spacial score (nSPS) is 24.5. The predicted molar refractivity (Wildman–Crippen MR) is 75.9 cm³/mol. The first-order chi connectivity index (χ1) is 10.6. The van der Waals surface area contributed by atoms with Gasteiger partial charge in [-0.15, -0.1) is 0 Å². The van der Waals surface area contributed by atoms with Gasteiger partial charge in [-0.1, -0.05) is 6.07 Å². The van der Waals surface area contributed by atoms with E-state index >= 15 is 0 Å². The maximum atomic E-state index is 13.3. The average molecular weight is 307 g/mol. The fraction of sp³-hybridized carbons (Fsp3) is 0.500. The molecule has 2 unspecified atom stereocenters. The smallest absolute Gasteiger partial charge is 0.329 e. The quantitative estimate of drug-likeness (QED) is 0.902. The van der Waals surface area contributed by atoms with Crippen molar-refractivity contribution < 1.29 is 23.8 Å². The number of rotatable bonds is 5. The van der Waals surface area contributed by atoms with E-state index in [9.17, 15) is 19.1 Å². The van der Waals surface area contributed by atoms with Crippen LogP contribution in [0.1, 0.15) is 29.6 Å². The monoisotopic (exact) mass is 307 g/mol. The highest BCUT2D eigenvalue weighted by Crippen LogP contribution is 2.31. The van der Waals surface area contributed by atoms with Crippen LogP contribution >= 0.6 is 0 Å². The van der Waals surface area contributed by atoms with Crippen LogP contribution in [0.25, 0.3) is 0 Å². The Balaban J connectivity index is 1.73. The van der Waals surface area contributed by atoms with Crippen molar-refractivity contribution in [1.29, 1.82) is 0 Å². The third-order valence-corrected chi connectivity index (χ3v) is 4.17. The molecule has 22 heavy (non-hydrogen) atoms. The van der Waals surface area contributed by atoms with Gasteiger partial charge in [0.1, 0.15) is 5.82 Å². The zero-order valence-electron chi connectivity index (χ0n) is 12.1. The van der Waals surface area contributed by atoms with E-state index < -0.39 is 29.8 Å². The third kappa shape index (κ3) is 3.11. The number of carboxylic acid groups (broad SMARTS) is 1. The molecular weight excluding hydrogens is 289 g/mol. The standard InChI is InChI=1S/C16H18FNO4/c17-12-3-1-2-11(8-12)15(19)18-7-6-13(14(18)16(20)21)22-9-10-4-5-10/h1-3,8,10,13-14H,4-7,9H2,(H,20,21). The zero-order valence-corrected chi connectivity index (χ0v) is 12.1. The number of hydrogen-bond acceptors (Lipinski definition) is 3. The van der Waals surface area contributed by atoms with Gasteiger partial charge in [-0.3, -0.25) is 4.79 Å². The number of likely N-dealkylation sites (tertiary alicyclic amines) is 1. The number of aliphatic carboxylic acids is 1. The molecule has 2 atom stereocenters. The summed E-state index contributed by atoms with van der Waals surface area (Å²) in [6, 6.07) is 4.30. The fourth-order valence-corrected chi connectivity index (χ4v) is 2.79. The molecule has 1 saturated carbocycles. The summed E-state index contributed by atoms with van der Waals surface area (Å²) in [4.78, 5) is 25.3. The van der Waals surface area contributed by atoms with Gasteiger partial charge in [-0.2, -0.15) is 0 Å². The number of halogens is 1. The Hall–Kier alpha value is -1.95. The van der Waals surface area contributed by atoms with Crippen molar-refractivity contribution in [2.24, 2.45) is 5.92 Å². The van der Waals surface area contributed by atoms with Gasteiger partial charge in [-0.25, -0.2) is 9.18 Å². The minimum atomic E-state index is -1.08. The van der Waals surface area contributed by atoms with Crippen LogP contribution in [0.2, 0.25) is 0 Å². The average Bonchev–Trinajstić information content (AvgIpc) is 3.22. The molecule has 1 aliphatic carbocycles. The summed E-state index contributed by atoms with van der Waals surface area (Å²) >= 11 is 0. The molecular formula is C16H18FNO4. The molecule has 6 heteroatoms. The summed E-state index contributed by atoms with van der Waals surface area (Å²) in [7, 11) is 0. The SMILES string of the molecule is O=C(O)C1C(OCC2CC2)CCN1C(=O)c1cccc(F)c1. The first kappa shape index (κ1) is 15.0. The Labute approximate surface area is 127 Å². The molecule has 3 rings (SSSR count). The molecule has 1 saturated heterocycles. The van der Waals surface area contributed by atoms with Crippen molar-refractivity contribution >= 4 is 11.9 Å². The highest BCUT2D eigenvalue weighted by Gasteiger charge is 2.43. The molecule has 118 valence electrons. The molecule has 2 aliphatic rings. The Morgan fingerprint density at radius 3 is 2.73 bits per heavy atom. The van der Waals surface area contributed by atoms with Gasteiger partial charge in [-0.05, 0) is 43.4 Å². The zero-order chi connectivity index (χ0) is 15.7. The number of nitrogens with zero attached hydrogens (tertiary/aromatic N) is 1. The topological polar surface area (TPSA) is 66.8 Å². The van der Waals surface area contributed by atoms with E-state index in [2.05, 4.69) is 0 Å². The molecule has 1 aromatic rings. The summed E-state index contributed by atoms with van der Waals surface area (Å²) in [5.41, 5.74) is 0.161. The lowest BCUT2D eigenvalue weighted by Gasteiger charge is -2.24. The van der Waals surface area contributed by atoms with E-state index in [1.807, 2.05) is 0 Å². The number of carbonyl (C=O) groups excluding carboxylic acids is 1. The maximum Gasteiger partial charge on any atom is 0.329 e. The summed E-state index contributed by atoms with van der Waals surface area (Å²) in [5.74, 6) is -1.53. The first-order valence-electron chi connectivity index (χ1n) is 7.47. The van der Waals surface area contributed by atoms with Crippen molar-refractivity contribution in [3.8, 4) is 0 Å². The van der Waals surface area contributed by atoms with Crippen LogP contribution in [-0.2, 0) is 9.53 Å². The minimum Gasteiger partial charge on any atom is -0.480 e. The van der Waals surface area contributed by atoms with Crippen molar-refractivity contribution in [1.82, 2.24) is 4.90 Å². The highest BCUT2D eigenvalue weighted by atomic mass is 19.1. The van der Waals surface area contributed by atoms with Gasteiger partial charge in [0.2, 0.25) is 0 Å². The maximum absolute atomic E-state index is 13.3. The molecule has 0 spiro atoms. The van der Waals surface area contributed by atoms with Gasteiger partial charge in [0.15, 0.2) is 6.04 Å². The van der Waals surface area contributed by atoms with Gasteiger partial charge in [0.05, 0.1) is 6.10 Å². The number of carboxylic acids is 1. The summed E-state index contributed by atoms with van der Waals surface area (Å²) in [6.45, 7) is 0.859. The molecule has 1 heterocycles. The van der Waals surface area contributed by atoms with E-state index in [0.717, 1.165) is 18.9 Å². The molecule has 0 radical (unpaired) electrons. The number of hydrogen-bond donors (Lipinski definition) is 1. The van der Waals surface area contributed by atoms with Crippen molar-refractivity contribution in [2.75, 3.05) is 13.2 Å². The van der Waals surface area contributed by atoms with E-state index in [-0.39, 0.29) is 5.56 Å². The predicted octanol–water partition coefficient (Wildman–Crippen LogP) is 1.92. The largest absolute Gasteiger partial charge is 0.480 e. The molecule has 1 N–H and O–H groups in total. The van der Waals surface area contributed by atoms with Crippen molar-refractivity contribution in [3.63, 3.8) is 0 Å². The molecule has 1 amide bonds. The number of benzene rings is 1. The fourth-order valence-electron chi connectivity index (χ4n) is 2.79. The van der Waals surface area contributed by atoms with E-state index in [4.69, 9.17) is 4.74 Å². The van der Waals surface area contributed by atoms with Gasteiger partial charge in [0.25, 0.3) is 5.91 Å². The minimum absolute atomic E-state index is 0.161. The van der Waals surface area contributed by atoms with Crippen LogP contribution in [0, 0.1) is 11.7 Å². The van der Waals surface area contributed by atoms with Crippen LogP contribution in [-0.4, -0.2) is 47.2 Å². The van der Waals surface area contributed by atoms with E-state index in [0.29, 0.717) is 25.5 Å². The summed E-state index contributed by atoms with van der Waals surface area (Å²) in [6.07, 6.45) is 2.24. The lowest BCUT2D eigenvalue weighted by Crippen LogP contribution is -2.46. The molecule has 1 aliphatic heterocycles. The summed E-state index contributed by atoms with van der Waals surface area (Å²) < 4.78 is 18.9. The van der Waals surface area contributed by atoms with E-state index in [1.165, 1.54) is 23.1 Å². The second-order valence-corrected chi connectivity index (χ2v) is 5.90. The number of ether oxygens (including phenoxy) is 1. The van der Waals surface area contributed by atoms with Gasteiger partial charge >= 0.3 is 5.97 Å². The Bertz CT molecular complexity index is 587. The van der Waals surface area contributed by atoms with Crippen LogP contribution in [0.3, 0.4) is 0 Å². The lowest BCUT2D eigenvalue weighted by molar-refractivity contribution is -0.145. The Morgan fingerprint density at radius 1 is 1.32 bits per heavy atom. The van der Waals surface area contributed by atoms with Crippen molar-refractivity contribution in [2.45, 2.75) is 31.4 Å². The lowest BCUT2D eigenvalue weighted by atomic mass is 10.1. The second kappa shape index (κ2) is 6.04.